The molecule has 0 aromatic carbocycles. The minimum atomic E-state index is -0.496. The zero-order chi connectivity index (χ0) is 19.8. The van der Waals surface area contributed by atoms with Crippen molar-refractivity contribution in [3.05, 3.63) is 33.7 Å². The Morgan fingerprint density at radius 3 is 2.15 bits per heavy atom. The maximum atomic E-state index is 12.8. The molecule has 1 aliphatic rings. The smallest absolute Gasteiger partial charge is 0.256 e. The largest absolute Gasteiger partial charge is 0.352 e. The van der Waals surface area contributed by atoms with Crippen LogP contribution in [0.25, 0.3) is 0 Å². The van der Waals surface area contributed by atoms with Crippen LogP contribution in [-0.2, 0) is 6.54 Å². The number of nitrogens with one attached hydrogen (secondary N) is 2. The molecule has 1 fully saturated rings. The molecule has 27 heavy (non-hydrogen) atoms. The van der Waals surface area contributed by atoms with Crippen molar-refractivity contribution < 1.29 is 9.59 Å². The molecular formula is C21H33N3O3. The molecule has 0 radical (unpaired) electrons. The van der Waals surface area contributed by atoms with E-state index in [4.69, 9.17) is 0 Å². The van der Waals surface area contributed by atoms with Crippen LogP contribution in [0.5, 0.6) is 0 Å². The molecule has 2 N–H and O–H groups in total. The number of hydrogen-bond acceptors (Lipinski definition) is 3. The SMILES string of the molecule is CCNC(=O)c1cn(CC(C)C)cc(C(=O)NC2CCCCCCC2)c1=O. The Kier molecular flexibility index (Phi) is 8.07. The summed E-state index contributed by atoms with van der Waals surface area (Å²) in [4.78, 5) is 37.9. The van der Waals surface area contributed by atoms with Crippen LogP contribution in [0.3, 0.4) is 0 Å². The van der Waals surface area contributed by atoms with Gasteiger partial charge in [0.1, 0.15) is 11.1 Å². The Morgan fingerprint density at radius 2 is 1.59 bits per heavy atom. The van der Waals surface area contributed by atoms with Crippen molar-refractivity contribution in [3.63, 3.8) is 0 Å². The fraction of sp³-hybridized carbons (Fsp3) is 0.667. The van der Waals surface area contributed by atoms with Gasteiger partial charge in [-0.2, -0.15) is 0 Å². The van der Waals surface area contributed by atoms with Gasteiger partial charge in [0.25, 0.3) is 11.8 Å². The van der Waals surface area contributed by atoms with Gasteiger partial charge < -0.3 is 15.2 Å². The van der Waals surface area contributed by atoms with Crippen molar-refractivity contribution in [1.82, 2.24) is 15.2 Å². The molecule has 0 spiro atoms. The number of nitrogens with zero attached hydrogens (tertiary/aromatic N) is 1. The van der Waals surface area contributed by atoms with Gasteiger partial charge in [0.05, 0.1) is 0 Å². The van der Waals surface area contributed by atoms with Crippen molar-refractivity contribution in [2.75, 3.05) is 6.54 Å². The van der Waals surface area contributed by atoms with Gasteiger partial charge in [0.15, 0.2) is 0 Å². The quantitative estimate of drug-likeness (QED) is 0.802. The molecule has 6 nitrogen and oxygen atoms in total. The third kappa shape index (κ3) is 6.22. The molecule has 0 aliphatic heterocycles. The molecule has 0 bridgehead atoms. The van der Waals surface area contributed by atoms with Gasteiger partial charge in [0, 0.05) is 31.5 Å². The van der Waals surface area contributed by atoms with E-state index >= 15 is 0 Å². The Labute approximate surface area is 161 Å². The van der Waals surface area contributed by atoms with E-state index in [0.29, 0.717) is 19.0 Å². The zero-order valence-corrected chi connectivity index (χ0v) is 16.8. The van der Waals surface area contributed by atoms with E-state index in [9.17, 15) is 14.4 Å². The summed E-state index contributed by atoms with van der Waals surface area (Å²) in [6.45, 7) is 6.98. The van der Waals surface area contributed by atoms with Gasteiger partial charge in [-0.05, 0) is 25.7 Å². The molecule has 0 unspecified atom stereocenters. The average molecular weight is 376 g/mol. The lowest BCUT2D eigenvalue weighted by Crippen LogP contribution is -2.40. The number of carbonyl (C=O) groups excluding carboxylic acids is 2. The maximum Gasteiger partial charge on any atom is 0.256 e. The predicted molar refractivity (Wildman–Crippen MR) is 107 cm³/mol. The van der Waals surface area contributed by atoms with Crippen LogP contribution in [0.2, 0.25) is 0 Å². The van der Waals surface area contributed by atoms with Crippen LogP contribution >= 0.6 is 0 Å². The molecule has 6 heteroatoms. The van der Waals surface area contributed by atoms with E-state index < -0.39 is 11.3 Å². The Hall–Kier alpha value is -2.11. The highest BCUT2D eigenvalue weighted by Crippen LogP contribution is 2.17. The molecule has 1 aromatic heterocycles. The number of pyridine rings is 1. The normalized spacial score (nSPS) is 15.9. The fourth-order valence-corrected chi connectivity index (χ4v) is 3.60. The summed E-state index contributed by atoms with van der Waals surface area (Å²) in [6, 6.07) is 0.101. The predicted octanol–water partition coefficient (Wildman–Crippen LogP) is 3.10. The number of carbonyl (C=O) groups is 2. The lowest BCUT2D eigenvalue weighted by Gasteiger charge is -2.21. The number of rotatable bonds is 6. The summed E-state index contributed by atoms with van der Waals surface area (Å²) in [7, 11) is 0. The van der Waals surface area contributed by atoms with E-state index in [1.165, 1.54) is 19.3 Å². The topological polar surface area (TPSA) is 80.2 Å². The second-order valence-corrected chi connectivity index (χ2v) is 7.88. The van der Waals surface area contributed by atoms with Gasteiger partial charge in [0.2, 0.25) is 5.43 Å². The van der Waals surface area contributed by atoms with Crippen molar-refractivity contribution in [2.45, 2.75) is 78.3 Å². The van der Waals surface area contributed by atoms with Gasteiger partial charge in [-0.1, -0.05) is 46.0 Å². The van der Waals surface area contributed by atoms with Crippen LogP contribution in [-0.4, -0.2) is 29.0 Å². The van der Waals surface area contributed by atoms with Crippen LogP contribution < -0.4 is 16.1 Å². The third-order valence-corrected chi connectivity index (χ3v) is 4.92. The summed E-state index contributed by atoms with van der Waals surface area (Å²) < 4.78 is 1.78. The standard InChI is InChI=1S/C21H33N3O3/c1-4-22-20(26)17-13-24(12-15(2)3)14-18(19(17)25)21(27)23-16-10-8-6-5-7-9-11-16/h13-16H,4-12H2,1-3H3,(H,22,26)(H,23,27). The second-order valence-electron chi connectivity index (χ2n) is 7.88. The molecule has 1 aromatic rings. The summed E-state index contributed by atoms with van der Waals surface area (Å²) in [6.07, 6.45) is 10.9. The van der Waals surface area contributed by atoms with Crippen LogP contribution in [0.15, 0.2) is 17.2 Å². The van der Waals surface area contributed by atoms with Crippen LogP contribution in [0.1, 0.15) is 86.4 Å². The molecule has 150 valence electrons. The molecule has 1 heterocycles. The van der Waals surface area contributed by atoms with E-state index in [1.54, 1.807) is 23.9 Å². The first-order chi connectivity index (χ1) is 12.9. The average Bonchev–Trinajstić information content (AvgIpc) is 2.58. The molecule has 1 saturated carbocycles. The van der Waals surface area contributed by atoms with E-state index in [2.05, 4.69) is 24.5 Å². The van der Waals surface area contributed by atoms with Crippen molar-refractivity contribution in [1.29, 1.82) is 0 Å². The van der Waals surface area contributed by atoms with Gasteiger partial charge in [-0.25, -0.2) is 0 Å². The molecule has 1 aliphatic carbocycles. The van der Waals surface area contributed by atoms with Crippen molar-refractivity contribution >= 4 is 11.8 Å². The molecule has 2 amide bonds. The second kappa shape index (κ2) is 10.3. The molecular weight excluding hydrogens is 342 g/mol. The van der Waals surface area contributed by atoms with Gasteiger partial charge in [-0.15, -0.1) is 0 Å². The Bertz CT molecular complexity index is 701. The lowest BCUT2D eigenvalue weighted by atomic mass is 9.96. The van der Waals surface area contributed by atoms with Crippen molar-refractivity contribution in [3.8, 4) is 0 Å². The summed E-state index contributed by atoms with van der Waals surface area (Å²) in [5.41, 5.74) is -0.409. The number of amides is 2. The van der Waals surface area contributed by atoms with E-state index in [0.717, 1.165) is 25.7 Å². The van der Waals surface area contributed by atoms with Crippen LogP contribution in [0.4, 0.5) is 0 Å². The Balaban J connectivity index is 2.29. The fourth-order valence-electron chi connectivity index (χ4n) is 3.60. The molecule has 0 saturated heterocycles. The van der Waals surface area contributed by atoms with Gasteiger partial charge >= 0.3 is 0 Å². The lowest BCUT2D eigenvalue weighted by molar-refractivity contribution is 0.0928. The van der Waals surface area contributed by atoms with E-state index in [1.807, 2.05) is 0 Å². The monoisotopic (exact) mass is 375 g/mol. The minimum Gasteiger partial charge on any atom is -0.352 e. The molecule has 0 atom stereocenters. The van der Waals surface area contributed by atoms with Crippen LogP contribution in [0, 0.1) is 5.92 Å². The highest BCUT2D eigenvalue weighted by molar-refractivity contribution is 5.99. The van der Waals surface area contributed by atoms with E-state index in [-0.39, 0.29) is 23.1 Å². The number of hydrogen-bond donors (Lipinski definition) is 2. The minimum absolute atomic E-state index is 0.0304. The first kappa shape index (κ1) is 21.2. The third-order valence-electron chi connectivity index (χ3n) is 4.92. The zero-order valence-electron chi connectivity index (χ0n) is 16.8. The summed E-state index contributed by atoms with van der Waals surface area (Å²) in [5, 5.41) is 5.70. The molecule has 2 rings (SSSR count). The highest BCUT2D eigenvalue weighted by Gasteiger charge is 2.21. The maximum absolute atomic E-state index is 12.8. The summed E-state index contributed by atoms with van der Waals surface area (Å²) in [5.74, 6) is -0.467. The van der Waals surface area contributed by atoms with Crippen molar-refractivity contribution in [2.24, 2.45) is 5.92 Å². The highest BCUT2D eigenvalue weighted by atomic mass is 16.2. The first-order valence-electron chi connectivity index (χ1n) is 10.3. The first-order valence-corrected chi connectivity index (χ1v) is 10.3. The number of aromatic nitrogens is 1. The van der Waals surface area contributed by atoms with Gasteiger partial charge in [-0.3, -0.25) is 14.4 Å². The summed E-state index contributed by atoms with van der Waals surface area (Å²) >= 11 is 0. The Morgan fingerprint density at radius 1 is 1.04 bits per heavy atom.